The summed E-state index contributed by atoms with van der Waals surface area (Å²) in [5.41, 5.74) is 3.95. The lowest BCUT2D eigenvalue weighted by Gasteiger charge is -2.14. The Morgan fingerprint density at radius 1 is 1.04 bits per heavy atom. The second-order valence-corrected chi connectivity index (χ2v) is 6.73. The summed E-state index contributed by atoms with van der Waals surface area (Å²) in [6.07, 6.45) is 0. The van der Waals surface area contributed by atoms with E-state index in [2.05, 4.69) is 59.6 Å². The van der Waals surface area contributed by atoms with Gasteiger partial charge in [0.1, 0.15) is 0 Å². The first-order chi connectivity index (χ1) is 12.6. The predicted molar refractivity (Wildman–Crippen MR) is 106 cm³/mol. The van der Waals surface area contributed by atoms with Crippen molar-refractivity contribution < 1.29 is 0 Å². The first-order valence-electron chi connectivity index (χ1n) is 8.73. The van der Waals surface area contributed by atoms with Gasteiger partial charge in [-0.2, -0.15) is 0 Å². The zero-order chi connectivity index (χ0) is 18.1. The monoisotopic (exact) mass is 346 g/mol. The highest BCUT2D eigenvalue weighted by Crippen LogP contribution is 2.27. The standard InChI is InChI=1S/C20H22N6/c1-14-7-6-8-15(13-14)18-23-24-19-16-9-4-5-10-17(16)22-20(26(18)19)21-11-12-25(2)3/h4-10,13H,11-12H2,1-3H3,(H,21,22). The molecular formula is C20H22N6. The quantitative estimate of drug-likeness (QED) is 0.601. The van der Waals surface area contributed by atoms with Crippen molar-refractivity contribution >= 4 is 22.5 Å². The number of hydrogen-bond acceptors (Lipinski definition) is 5. The highest BCUT2D eigenvalue weighted by atomic mass is 15.3. The van der Waals surface area contributed by atoms with Gasteiger partial charge in [-0.05, 0) is 39.2 Å². The van der Waals surface area contributed by atoms with Crippen LogP contribution in [0.2, 0.25) is 0 Å². The molecule has 0 saturated heterocycles. The lowest BCUT2D eigenvalue weighted by Crippen LogP contribution is -2.22. The Bertz CT molecular complexity index is 1070. The molecule has 0 amide bonds. The summed E-state index contributed by atoms with van der Waals surface area (Å²) in [4.78, 5) is 6.97. The Balaban J connectivity index is 1.92. The summed E-state index contributed by atoms with van der Waals surface area (Å²) in [7, 11) is 4.12. The number of para-hydroxylation sites is 1. The minimum Gasteiger partial charge on any atom is -0.354 e. The molecule has 0 aliphatic rings. The summed E-state index contributed by atoms with van der Waals surface area (Å²) in [5, 5.41) is 13.4. The number of aryl methyl sites for hydroxylation is 1. The summed E-state index contributed by atoms with van der Waals surface area (Å²) < 4.78 is 2.02. The third-order valence-electron chi connectivity index (χ3n) is 4.36. The Kier molecular flexibility index (Phi) is 4.26. The molecule has 6 nitrogen and oxygen atoms in total. The van der Waals surface area contributed by atoms with E-state index in [0.29, 0.717) is 0 Å². The number of hydrogen-bond donors (Lipinski definition) is 1. The number of aromatic nitrogens is 4. The molecule has 2 aromatic heterocycles. The van der Waals surface area contributed by atoms with Crippen molar-refractivity contribution in [3.05, 3.63) is 54.1 Å². The predicted octanol–water partition coefficient (Wildman–Crippen LogP) is 3.23. The number of likely N-dealkylation sites (N-methyl/N-ethyl adjacent to an activating group) is 1. The van der Waals surface area contributed by atoms with E-state index in [9.17, 15) is 0 Å². The molecule has 0 atom stereocenters. The third kappa shape index (κ3) is 2.99. The topological polar surface area (TPSA) is 58.4 Å². The molecule has 0 bridgehead atoms. The van der Waals surface area contributed by atoms with Crippen LogP contribution in [-0.2, 0) is 0 Å². The van der Waals surface area contributed by atoms with Crippen molar-refractivity contribution in [3.8, 4) is 11.4 Å². The number of nitrogens with one attached hydrogen (secondary N) is 1. The molecule has 0 fully saturated rings. The van der Waals surface area contributed by atoms with Gasteiger partial charge in [-0.15, -0.1) is 10.2 Å². The average Bonchev–Trinajstić information content (AvgIpc) is 3.07. The molecule has 0 spiro atoms. The molecule has 2 aromatic carbocycles. The Morgan fingerprint density at radius 2 is 1.88 bits per heavy atom. The van der Waals surface area contributed by atoms with E-state index in [-0.39, 0.29) is 0 Å². The second-order valence-electron chi connectivity index (χ2n) is 6.73. The molecule has 26 heavy (non-hydrogen) atoms. The number of nitrogens with zero attached hydrogens (tertiary/aromatic N) is 5. The molecule has 1 N–H and O–H groups in total. The van der Waals surface area contributed by atoms with Crippen LogP contribution in [0.5, 0.6) is 0 Å². The van der Waals surface area contributed by atoms with Gasteiger partial charge in [0.25, 0.3) is 0 Å². The van der Waals surface area contributed by atoms with Crippen LogP contribution in [0.15, 0.2) is 48.5 Å². The van der Waals surface area contributed by atoms with Crippen molar-refractivity contribution in [2.24, 2.45) is 0 Å². The first-order valence-corrected chi connectivity index (χ1v) is 8.73. The van der Waals surface area contributed by atoms with Crippen molar-refractivity contribution in [2.75, 3.05) is 32.5 Å². The van der Waals surface area contributed by atoms with Crippen LogP contribution in [0.1, 0.15) is 5.56 Å². The molecule has 0 saturated carbocycles. The van der Waals surface area contributed by atoms with Crippen molar-refractivity contribution in [1.82, 2.24) is 24.5 Å². The van der Waals surface area contributed by atoms with E-state index in [0.717, 1.165) is 47.0 Å². The number of rotatable bonds is 5. The molecule has 0 radical (unpaired) electrons. The lowest BCUT2D eigenvalue weighted by molar-refractivity contribution is 0.425. The molecule has 2 heterocycles. The summed E-state index contributed by atoms with van der Waals surface area (Å²) in [5.74, 6) is 1.57. The van der Waals surface area contributed by atoms with Gasteiger partial charge in [-0.25, -0.2) is 9.38 Å². The van der Waals surface area contributed by atoms with Gasteiger partial charge in [0.05, 0.1) is 5.52 Å². The average molecular weight is 346 g/mol. The fraction of sp³-hybridized carbons (Fsp3) is 0.250. The number of anilines is 1. The van der Waals surface area contributed by atoms with Crippen LogP contribution < -0.4 is 5.32 Å². The summed E-state index contributed by atoms with van der Waals surface area (Å²) >= 11 is 0. The largest absolute Gasteiger partial charge is 0.354 e. The van der Waals surface area contributed by atoms with E-state index in [1.54, 1.807) is 0 Å². The van der Waals surface area contributed by atoms with Crippen LogP contribution in [0.25, 0.3) is 27.9 Å². The van der Waals surface area contributed by atoms with Crippen LogP contribution in [0.3, 0.4) is 0 Å². The van der Waals surface area contributed by atoms with E-state index in [1.165, 1.54) is 5.56 Å². The van der Waals surface area contributed by atoms with Crippen molar-refractivity contribution in [3.63, 3.8) is 0 Å². The molecule has 6 heteroatoms. The maximum absolute atomic E-state index is 4.83. The minimum absolute atomic E-state index is 0.766. The van der Waals surface area contributed by atoms with E-state index in [1.807, 2.05) is 34.7 Å². The van der Waals surface area contributed by atoms with E-state index < -0.39 is 0 Å². The normalized spacial score (nSPS) is 11.5. The molecule has 4 aromatic rings. The maximum atomic E-state index is 4.83. The number of benzene rings is 2. The Labute approximate surface area is 152 Å². The lowest BCUT2D eigenvalue weighted by atomic mass is 10.1. The highest BCUT2D eigenvalue weighted by molar-refractivity contribution is 5.93. The highest BCUT2D eigenvalue weighted by Gasteiger charge is 2.16. The van der Waals surface area contributed by atoms with Gasteiger partial charge in [0.2, 0.25) is 5.95 Å². The summed E-state index contributed by atoms with van der Waals surface area (Å²) in [6.45, 7) is 3.79. The summed E-state index contributed by atoms with van der Waals surface area (Å²) in [6, 6.07) is 16.3. The zero-order valence-electron chi connectivity index (χ0n) is 15.3. The van der Waals surface area contributed by atoms with Crippen molar-refractivity contribution in [2.45, 2.75) is 6.92 Å². The third-order valence-corrected chi connectivity index (χ3v) is 4.36. The second kappa shape index (κ2) is 6.72. The SMILES string of the molecule is Cc1cccc(-c2nnc3c4ccccc4nc(NCCN(C)C)n23)c1. The van der Waals surface area contributed by atoms with Gasteiger partial charge in [-0.1, -0.05) is 35.9 Å². The van der Waals surface area contributed by atoms with E-state index >= 15 is 0 Å². The van der Waals surface area contributed by atoms with Crippen LogP contribution in [-0.4, -0.2) is 51.7 Å². The molecule has 0 unspecified atom stereocenters. The molecule has 4 rings (SSSR count). The molecule has 0 aliphatic carbocycles. The molecule has 132 valence electrons. The van der Waals surface area contributed by atoms with Crippen LogP contribution in [0.4, 0.5) is 5.95 Å². The Hall–Kier alpha value is -2.99. The van der Waals surface area contributed by atoms with E-state index in [4.69, 9.17) is 4.98 Å². The van der Waals surface area contributed by atoms with Crippen LogP contribution in [0, 0.1) is 6.92 Å². The van der Waals surface area contributed by atoms with Gasteiger partial charge >= 0.3 is 0 Å². The fourth-order valence-electron chi connectivity index (χ4n) is 3.06. The molecule has 0 aliphatic heterocycles. The van der Waals surface area contributed by atoms with Gasteiger partial charge in [-0.3, -0.25) is 0 Å². The molecular weight excluding hydrogens is 324 g/mol. The smallest absolute Gasteiger partial charge is 0.211 e. The van der Waals surface area contributed by atoms with Crippen LogP contribution >= 0.6 is 0 Å². The fourth-order valence-corrected chi connectivity index (χ4v) is 3.06. The Morgan fingerprint density at radius 3 is 2.69 bits per heavy atom. The number of fused-ring (bicyclic) bond motifs is 3. The zero-order valence-corrected chi connectivity index (χ0v) is 15.3. The van der Waals surface area contributed by atoms with Gasteiger partial charge < -0.3 is 10.2 Å². The maximum Gasteiger partial charge on any atom is 0.211 e. The van der Waals surface area contributed by atoms with Crippen molar-refractivity contribution in [1.29, 1.82) is 0 Å². The minimum atomic E-state index is 0.766. The van der Waals surface area contributed by atoms with Gasteiger partial charge in [0.15, 0.2) is 11.5 Å². The van der Waals surface area contributed by atoms with Gasteiger partial charge in [0, 0.05) is 24.0 Å². The first kappa shape index (κ1) is 16.5.